The number of aryl methyl sites for hydroxylation is 1. The van der Waals surface area contributed by atoms with E-state index in [9.17, 15) is 27.9 Å². The number of hydrogen-bond donors (Lipinski definition) is 2. The first-order valence-corrected chi connectivity index (χ1v) is 13.8. The molecule has 2 N–H and O–H groups in total. The van der Waals surface area contributed by atoms with Gasteiger partial charge in [-0.2, -0.15) is 13.2 Å². The van der Waals surface area contributed by atoms with Crippen LogP contribution in [-0.2, 0) is 18.2 Å². The number of carbonyl (C=O) groups is 2. The molecule has 1 fully saturated rings. The molecule has 1 saturated heterocycles. The highest BCUT2D eigenvalue weighted by molar-refractivity contribution is 6.32. The van der Waals surface area contributed by atoms with Crippen molar-refractivity contribution in [2.24, 2.45) is 7.05 Å². The summed E-state index contributed by atoms with van der Waals surface area (Å²) in [6.45, 7) is 3.48. The normalized spacial score (nSPS) is 15.7. The van der Waals surface area contributed by atoms with Crippen LogP contribution < -0.4 is 10.1 Å². The van der Waals surface area contributed by atoms with Crippen molar-refractivity contribution < 1.29 is 37.3 Å². The molecule has 4 rings (SSSR count). The summed E-state index contributed by atoms with van der Waals surface area (Å²) in [5.41, 5.74) is 2.67. The molecule has 0 saturated carbocycles. The number of benzene rings is 2. The van der Waals surface area contributed by atoms with E-state index in [4.69, 9.17) is 26.1 Å². The molecule has 1 aliphatic heterocycles. The van der Waals surface area contributed by atoms with Crippen molar-refractivity contribution in [2.45, 2.75) is 51.1 Å². The maximum atomic E-state index is 12.9. The summed E-state index contributed by atoms with van der Waals surface area (Å²) >= 11 is 6.09. The van der Waals surface area contributed by atoms with Crippen LogP contribution in [0.15, 0.2) is 48.7 Å². The number of amides is 2. The fraction of sp³-hybridized carbons (Fsp3) is 0.414. The number of nitrogens with zero attached hydrogens (tertiary/aromatic N) is 3. The van der Waals surface area contributed by atoms with Crippen LogP contribution in [0, 0.1) is 0 Å². The van der Waals surface area contributed by atoms with Gasteiger partial charge < -0.3 is 24.5 Å². The van der Waals surface area contributed by atoms with Crippen LogP contribution in [0.3, 0.4) is 0 Å². The molecular formula is C29H32ClF3N4O5. The molecule has 1 aromatic heterocycles. The fourth-order valence-corrected chi connectivity index (χ4v) is 4.87. The number of imidazole rings is 1. The number of carbonyl (C=O) groups excluding carboxylic acids is 2. The highest BCUT2D eigenvalue weighted by atomic mass is 35.5. The first-order valence-electron chi connectivity index (χ1n) is 13.4. The third-order valence-corrected chi connectivity index (χ3v) is 7.34. The van der Waals surface area contributed by atoms with Crippen LogP contribution in [0.4, 0.5) is 18.0 Å². The second-order valence-corrected chi connectivity index (χ2v) is 10.5. The Morgan fingerprint density at radius 2 is 1.93 bits per heavy atom. The van der Waals surface area contributed by atoms with Gasteiger partial charge in [-0.1, -0.05) is 35.9 Å². The van der Waals surface area contributed by atoms with Crippen LogP contribution in [0.5, 0.6) is 5.75 Å². The predicted octanol–water partition coefficient (Wildman–Crippen LogP) is 5.31. The van der Waals surface area contributed by atoms with Crippen molar-refractivity contribution >= 4 is 23.6 Å². The van der Waals surface area contributed by atoms with Crippen molar-refractivity contribution in [3.63, 3.8) is 0 Å². The van der Waals surface area contributed by atoms with Crippen molar-refractivity contribution in [1.82, 2.24) is 19.8 Å². The summed E-state index contributed by atoms with van der Waals surface area (Å²) in [6, 6.07) is 10.8. The van der Waals surface area contributed by atoms with Gasteiger partial charge in [-0.25, -0.2) is 9.78 Å². The largest absolute Gasteiger partial charge is 0.480 e. The summed E-state index contributed by atoms with van der Waals surface area (Å²) in [5, 5.41) is 12.3. The number of nitrogens with one attached hydrogen (secondary N) is 1. The summed E-state index contributed by atoms with van der Waals surface area (Å²) < 4.78 is 50.3. The van der Waals surface area contributed by atoms with E-state index in [1.807, 2.05) is 49.0 Å². The van der Waals surface area contributed by atoms with Crippen LogP contribution in [-0.4, -0.2) is 69.6 Å². The molecule has 13 heteroatoms. The minimum Gasteiger partial charge on any atom is -0.480 e. The minimum absolute atomic E-state index is 0.125. The summed E-state index contributed by atoms with van der Waals surface area (Å²) in [4.78, 5) is 31.2. The van der Waals surface area contributed by atoms with Gasteiger partial charge in [-0.3, -0.25) is 9.69 Å². The van der Waals surface area contributed by atoms with E-state index in [1.165, 1.54) is 18.2 Å². The van der Waals surface area contributed by atoms with Gasteiger partial charge in [0.1, 0.15) is 18.2 Å². The fourth-order valence-electron chi connectivity index (χ4n) is 4.65. The Labute approximate surface area is 246 Å². The van der Waals surface area contributed by atoms with E-state index >= 15 is 0 Å². The zero-order chi connectivity index (χ0) is 30.6. The lowest BCUT2D eigenvalue weighted by atomic mass is 10.0. The molecule has 0 radical (unpaired) electrons. The van der Waals surface area contributed by atoms with E-state index in [1.54, 1.807) is 4.90 Å². The number of aromatic nitrogens is 2. The number of rotatable bonds is 11. The molecule has 2 heterocycles. The van der Waals surface area contributed by atoms with E-state index in [0.29, 0.717) is 19.6 Å². The van der Waals surface area contributed by atoms with Gasteiger partial charge in [0.05, 0.1) is 23.3 Å². The summed E-state index contributed by atoms with van der Waals surface area (Å²) in [6.07, 6.45) is -4.38. The topological polar surface area (TPSA) is 106 Å². The zero-order valence-electron chi connectivity index (χ0n) is 23.3. The van der Waals surface area contributed by atoms with Crippen molar-refractivity contribution in [3.8, 4) is 17.0 Å². The molecule has 2 aromatic carbocycles. The van der Waals surface area contributed by atoms with Crippen molar-refractivity contribution in [1.29, 1.82) is 0 Å². The lowest BCUT2D eigenvalue weighted by molar-refractivity contribution is -0.189. The first-order chi connectivity index (χ1) is 19.9. The minimum atomic E-state index is -4.56. The van der Waals surface area contributed by atoms with E-state index < -0.39 is 24.2 Å². The number of aliphatic hydroxyl groups excluding tert-OH is 1. The second kappa shape index (κ2) is 13.0. The Hall–Kier alpha value is -3.77. The second-order valence-electron chi connectivity index (χ2n) is 10.1. The molecule has 226 valence electrons. The maximum Gasteiger partial charge on any atom is 0.425 e. The average Bonchev–Trinajstić information content (AvgIpc) is 3.54. The Morgan fingerprint density at radius 1 is 1.21 bits per heavy atom. The molecule has 0 unspecified atom stereocenters. The Balaban J connectivity index is 1.40. The van der Waals surface area contributed by atoms with Crippen molar-refractivity contribution in [2.75, 3.05) is 19.8 Å². The molecule has 2 amide bonds. The van der Waals surface area contributed by atoms with Gasteiger partial charge in [-0.05, 0) is 50.5 Å². The summed E-state index contributed by atoms with van der Waals surface area (Å²) in [7, 11) is 1.87. The third kappa shape index (κ3) is 7.35. The molecule has 1 aliphatic rings. The van der Waals surface area contributed by atoms with Crippen LogP contribution in [0.2, 0.25) is 5.02 Å². The van der Waals surface area contributed by atoms with Gasteiger partial charge in [0, 0.05) is 37.0 Å². The average molecular weight is 609 g/mol. The van der Waals surface area contributed by atoms with Crippen LogP contribution in [0.25, 0.3) is 11.3 Å². The molecular weight excluding hydrogens is 577 g/mol. The zero-order valence-corrected chi connectivity index (χ0v) is 24.1. The molecule has 0 bridgehead atoms. The van der Waals surface area contributed by atoms with Crippen LogP contribution in [0.1, 0.15) is 48.1 Å². The smallest absolute Gasteiger partial charge is 0.425 e. The van der Waals surface area contributed by atoms with E-state index in [0.717, 1.165) is 29.6 Å². The number of hydrogen-bond acceptors (Lipinski definition) is 6. The van der Waals surface area contributed by atoms with E-state index in [2.05, 4.69) is 5.32 Å². The van der Waals surface area contributed by atoms with Crippen molar-refractivity contribution in [3.05, 3.63) is 70.6 Å². The van der Waals surface area contributed by atoms with Crippen LogP contribution >= 0.6 is 11.6 Å². The Kier molecular flexibility index (Phi) is 9.67. The lowest BCUT2D eigenvalue weighted by Gasteiger charge is -2.20. The number of alkyl halides is 3. The predicted molar refractivity (Wildman–Crippen MR) is 149 cm³/mol. The monoisotopic (exact) mass is 608 g/mol. The molecule has 0 aliphatic carbocycles. The quantitative estimate of drug-likeness (QED) is 0.306. The van der Waals surface area contributed by atoms with Gasteiger partial charge in [0.25, 0.3) is 5.91 Å². The van der Waals surface area contributed by atoms with Gasteiger partial charge in [-0.15, -0.1) is 0 Å². The number of cyclic esters (lactones) is 1. The molecule has 0 spiro atoms. The van der Waals surface area contributed by atoms with Gasteiger partial charge >= 0.3 is 12.3 Å². The Morgan fingerprint density at radius 3 is 2.52 bits per heavy atom. The number of halogens is 4. The first kappa shape index (κ1) is 31.2. The molecule has 42 heavy (non-hydrogen) atoms. The highest BCUT2D eigenvalue weighted by Crippen LogP contribution is 2.31. The molecule has 9 nitrogen and oxygen atoms in total. The SMILES string of the molecule is C[C@H](c1nc(-c2ccc(C[C@@H](CCO)NC(=O)c3ccc(O[C@H](C)C(F)(F)F)c(Cl)c3)cc2)cn1C)N1CCOC1=O. The third-order valence-electron chi connectivity index (χ3n) is 7.05. The summed E-state index contributed by atoms with van der Waals surface area (Å²) in [5.74, 6) is 0.0608. The van der Waals surface area contributed by atoms with Gasteiger partial charge in [0.15, 0.2) is 6.10 Å². The number of aliphatic hydroxyl groups is 1. The Bertz CT molecular complexity index is 1410. The standard InChI is InChI=1S/C29H32ClF3N4O5/c1-17(37-11-13-41-28(37)40)26-35-24(16-36(26)3)20-6-4-19(5-7-20)14-22(10-12-38)34-27(39)21-8-9-25(23(30)15-21)42-18(2)29(31,32)33/h4-9,15-18,22,38H,10-14H2,1-3H3,(H,34,39)/t17-,18-,22-/m1/s1. The van der Waals surface area contributed by atoms with E-state index in [-0.39, 0.29) is 41.5 Å². The highest BCUT2D eigenvalue weighted by Gasteiger charge is 2.38. The molecule has 3 atom stereocenters. The molecule has 3 aromatic rings. The lowest BCUT2D eigenvalue weighted by Crippen LogP contribution is -2.37. The number of ether oxygens (including phenoxy) is 2. The van der Waals surface area contributed by atoms with Gasteiger partial charge in [0.2, 0.25) is 0 Å². The maximum absolute atomic E-state index is 12.9.